The first kappa shape index (κ1) is 13.3. The van der Waals surface area contributed by atoms with Crippen LogP contribution in [-0.4, -0.2) is 11.2 Å². The standard InChI is InChI=1S/C17H19FN2S/c18-11-4-6-12(7-5-11)19-17(21)20-16-9-10-8-15(16)14-3-1-2-13(10)14/h1,3-7,10,13-16H,2,8-9H2,(H2,19,20,21)/t10-,13+,14+,15+,16+/m0/s1. The van der Waals surface area contributed by atoms with E-state index in [-0.39, 0.29) is 5.82 Å². The number of nitrogens with one attached hydrogen (secondary N) is 2. The van der Waals surface area contributed by atoms with Crippen LogP contribution in [0, 0.1) is 29.5 Å². The van der Waals surface area contributed by atoms with E-state index in [4.69, 9.17) is 12.2 Å². The molecule has 3 aliphatic rings. The maximum atomic E-state index is 12.9. The number of anilines is 1. The van der Waals surface area contributed by atoms with Crippen LogP contribution in [0.5, 0.6) is 0 Å². The molecule has 0 unspecified atom stereocenters. The van der Waals surface area contributed by atoms with Gasteiger partial charge in [-0.3, -0.25) is 0 Å². The molecule has 110 valence electrons. The number of hydrogen-bond acceptors (Lipinski definition) is 1. The van der Waals surface area contributed by atoms with Gasteiger partial charge in [-0.15, -0.1) is 0 Å². The van der Waals surface area contributed by atoms with Gasteiger partial charge in [-0.2, -0.15) is 0 Å². The van der Waals surface area contributed by atoms with Gasteiger partial charge in [-0.25, -0.2) is 4.39 Å². The Morgan fingerprint density at radius 3 is 2.76 bits per heavy atom. The highest BCUT2D eigenvalue weighted by molar-refractivity contribution is 7.80. The van der Waals surface area contributed by atoms with Crippen molar-refractivity contribution in [1.29, 1.82) is 0 Å². The van der Waals surface area contributed by atoms with E-state index < -0.39 is 0 Å². The summed E-state index contributed by atoms with van der Waals surface area (Å²) in [7, 11) is 0. The molecule has 0 amide bonds. The van der Waals surface area contributed by atoms with E-state index in [9.17, 15) is 4.39 Å². The van der Waals surface area contributed by atoms with Gasteiger partial charge in [0, 0.05) is 11.7 Å². The quantitative estimate of drug-likeness (QED) is 0.643. The Balaban J connectivity index is 1.37. The average Bonchev–Trinajstić information content (AvgIpc) is 3.13. The van der Waals surface area contributed by atoms with Crippen molar-refractivity contribution >= 4 is 23.0 Å². The van der Waals surface area contributed by atoms with Gasteiger partial charge in [0.15, 0.2) is 5.11 Å². The fourth-order valence-corrected chi connectivity index (χ4v) is 4.85. The van der Waals surface area contributed by atoms with Gasteiger partial charge >= 0.3 is 0 Å². The second-order valence-corrected chi connectivity index (χ2v) is 6.92. The van der Waals surface area contributed by atoms with Crippen LogP contribution in [0.1, 0.15) is 19.3 Å². The second kappa shape index (κ2) is 5.09. The second-order valence-electron chi connectivity index (χ2n) is 6.51. The third-order valence-electron chi connectivity index (χ3n) is 5.43. The van der Waals surface area contributed by atoms with Gasteiger partial charge in [0.1, 0.15) is 5.82 Å². The Hall–Kier alpha value is -1.42. The molecular weight excluding hydrogens is 283 g/mol. The highest BCUT2D eigenvalue weighted by atomic mass is 32.1. The van der Waals surface area contributed by atoms with E-state index in [1.165, 1.54) is 31.4 Å². The monoisotopic (exact) mass is 302 g/mol. The summed E-state index contributed by atoms with van der Waals surface area (Å²) in [5, 5.41) is 7.28. The summed E-state index contributed by atoms with van der Waals surface area (Å²) in [6, 6.07) is 6.78. The summed E-state index contributed by atoms with van der Waals surface area (Å²) >= 11 is 5.41. The molecule has 2 N–H and O–H groups in total. The Morgan fingerprint density at radius 2 is 1.95 bits per heavy atom. The summed E-state index contributed by atoms with van der Waals surface area (Å²) in [6.45, 7) is 0. The van der Waals surface area contributed by atoms with Crippen LogP contribution in [0.2, 0.25) is 0 Å². The minimum atomic E-state index is -0.230. The number of thiocarbonyl (C=S) groups is 1. The smallest absolute Gasteiger partial charge is 0.171 e. The lowest BCUT2D eigenvalue weighted by atomic mass is 9.79. The van der Waals surface area contributed by atoms with Crippen LogP contribution in [-0.2, 0) is 0 Å². The number of allylic oxidation sites excluding steroid dienone is 2. The van der Waals surface area contributed by atoms with Gasteiger partial charge < -0.3 is 10.6 Å². The first-order chi connectivity index (χ1) is 10.2. The number of rotatable bonds is 2. The van der Waals surface area contributed by atoms with Crippen LogP contribution < -0.4 is 10.6 Å². The third kappa shape index (κ3) is 2.35. The minimum Gasteiger partial charge on any atom is -0.359 e. The van der Waals surface area contributed by atoms with Crippen LogP contribution in [0.15, 0.2) is 36.4 Å². The van der Waals surface area contributed by atoms with E-state index in [1.807, 2.05) is 0 Å². The number of halogens is 1. The molecule has 3 aliphatic carbocycles. The normalized spacial score (nSPS) is 35.8. The van der Waals surface area contributed by atoms with Crippen LogP contribution in [0.3, 0.4) is 0 Å². The van der Waals surface area contributed by atoms with Crippen molar-refractivity contribution in [2.24, 2.45) is 23.7 Å². The van der Waals surface area contributed by atoms with Crippen LogP contribution in [0.25, 0.3) is 0 Å². The molecule has 21 heavy (non-hydrogen) atoms. The SMILES string of the molecule is Fc1ccc(NC(=S)N[C@@H]2C[C@@H]3C[C@@H]2[C@@H]2C=CC[C@H]32)cc1. The van der Waals surface area contributed by atoms with Gasteiger partial charge in [0.25, 0.3) is 0 Å². The summed E-state index contributed by atoms with van der Waals surface area (Å²) in [5.74, 6) is 3.01. The van der Waals surface area contributed by atoms with Crippen molar-refractivity contribution in [2.45, 2.75) is 25.3 Å². The molecule has 2 bridgehead atoms. The molecule has 0 heterocycles. The predicted octanol–water partition coefficient (Wildman–Crippen LogP) is 3.71. The lowest BCUT2D eigenvalue weighted by molar-refractivity contribution is 0.246. The van der Waals surface area contributed by atoms with Crippen LogP contribution >= 0.6 is 12.2 Å². The lowest BCUT2D eigenvalue weighted by Crippen LogP contribution is -2.44. The number of benzene rings is 1. The predicted molar refractivity (Wildman–Crippen MR) is 86.5 cm³/mol. The van der Waals surface area contributed by atoms with Crippen molar-refractivity contribution < 1.29 is 4.39 Å². The van der Waals surface area contributed by atoms with Crippen molar-refractivity contribution in [3.05, 3.63) is 42.2 Å². The highest BCUT2D eigenvalue weighted by Gasteiger charge is 2.52. The Kier molecular flexibility index (Phi) is 3.21. The van der Waals surface area contributed by atoms with E-state index in [1.54, 1.807) is 12.1 Å². The van der Waals surface area contributed by atoms with Crippen molar-refractivity contribution in [3.8, 4) is 0 Å². The number of fused-ring (bicyclic) bond motifs is 5. The lowest BCUT2D eigenvalue weighted by Gasteiger charge is -2.32. The highest BCUT2D eigenvalue weighted by Crippen LogP contribution is 2.56. The van der Waals surface area contributed by atoms with E-state index in [2.05, 4.69) is 22.8 Å². The third-order valence-corrected chi connectivity index (χ3v) is 5.65. The van der Waals surface area contributed by atoms with E-state index in [0.717, 1.165) is 29.4 Å². The Labute approximate surface area is 129 Å². The first-order valence-corrected chi connectivity index (χ1v) is 8.11. The largest absolute Gasteiger partial charge is 0.359 e. The molecule has 0 saturated heterocycles. The summed E-state index contributed by atoms with van der Waals surface area (Å²) in [6.07, 6.45) is 8.62. The van der Waals surface area contributed by atoms with Gasteiger partial charge in [0.05, 0.1) is 0 Å². The van der Waals surface area contributed by atoms with Crippen LogP contribution in [0.4, 0.5) is 10.1 Å². The molecule has 0 aliphatic heterocycles. The average molecular weight is 302 g/mol. The fraction of sp³-hybridized carbons (Fsp3) is 0.471. The molecule has 1 aromatic carbocycles. The molecule has 0 aromatic heterocycles. The Bertz CT molecular complexity index is 583. The maximum Gasteiger partial charge on any atom is 0.171 e. The van der Waals surface area contributed by atoms with Crippen molar-refractivity contribution in [1.82, 2.24) is 5.32 Å². The van der Waals surface area contributed by atoms with Gasteiger partial charge in [-0.05, 0) is 79.4 Å². The molecule has 1 aromatic rings. The zero-order valence-corrected chi connectivity index (χ0v) is 12.6. The topological polar surface area (TPSA) is 24.1 Å². The first-order valence-electron chi connectivity index (χ1n) is 7.70. The van der Waals surface area contributed by atoms with Gasteiger partial charge in [0.2, 0.25) is 0 Å². The Morgan fingerprint density at radius 1 is 1.14 bits per heavy atom. The zero-order chi connectivity index (χ0) is 14.4. The molecule has 2 saturated carbocycles. The number of hydrogen-bond donors (Lipinski definition) is 2. The molecular formula is C17H19FN2S. The van der Waals surface area contributed by atoms with E-state index in [0.29, 0.717) is 11.2 Å². The van der Waals surface area contributed by atoms with Crippen molar-refractivity contribution in [2.75, 3.05) is 5.32 Å². The fourth-order valence-electron chi connectivity index (χ4n) is 4.58. The molecule has 5 atom stereocenters. The molecule has 4 heteroatoms. The van der Waals surface area contributed by atoms with Crippen molar-refractivity contribution in [3.63, 3.8) is 0 Å². The van der Waals surface area contributed by atoms with E-state index >= 15 is 0 Å². The molecule has 2 nitrogen and oxygen atoms in total. The summed E-state index contributed by atoms with van der Waals surface area (Å²) in [5.41, 5.74) is 0.829. The maximum absolute atomic E-state index is 12.9. The zero-order valence-electron chi connectivity index (χ0n) is 11.8. The van der Waals surface area contributed by atoms with Gasteiger partial charge in [-0.1, -0.05) is 12.2 Å². The molecule has 0 radical (unpaired) electrons. The molecule has 2 fully saturated rings. The minimum absolute atomic E-state index is 0.230. The molecule has 0 spiro atoms. The summed E-state index contributed by atoms with van der Waals surface area (Å²) < 4.78 is 12.9. The molecule has 4 rings (SSSR count). The summed E-state index contributed by atoms with van der Waals surface area (Å²) in [4.78, 5) is 0.